The average Bonchev–Trinajstić information content (AvgIpc) is 2.73. The van der Waals surface area contributed by atoms with Crippen LogP contribution in [0.3, 0.4) is 0 Å². The number of sulfonamides is 1. The van der Waals surface area contributed by atoms with Gasteiger partial charge in [-0.15, -0.1) is 0 Å². The molecule has 0 radical (unpaired) electrons. The van der Waals surface area contributed by atoms with Crippen LogP contribution in [0.5, 0.6) is 5.75 Å². The van der Waals surface area contributed by atoms with E-state index >= 15 is 0 Å². The molecule has 0 saturated heterocycles. The lowest BCUT2D eigenvalue weighted by Crippen LogP contribution is -2.50. The van der Waals surface area contributed by atoms with Gasteiger partial charge in [0.2, 0.25) is 15.9 Å². The molecule has 160 valence electrons. The summed E-state index contributed by atoms with van der Waals surface area (Å²) in [5.41, 5.74) is -0.403. The summed E-state index contributed by atoms with van der Waals surface area (Å²) < 4.78 is 32.2. The number of amides is 1. The molecule has 8 nitrogen and oxygen atoms in total. The highest BCUT2D eigenvalue weighted by atomic mass is 32.2. The molecular formula is C20H30N4O4S. The number of rotatable bonds is 9. The molecule has 0 aliphatic heterocycles. The molecule has 0 bridgehead atoms. The third-order valence-electron chi connectivity index (χ3n) is 5.25. The van der Waals surface area contributed by atoms with Crippen molar-refractivity contribution in [3.05, 3.63) is 18.2 Å². The average molecular weight is 423 g/mol. The second-order valence-corrected chi connectivity index (χ2v) is 9.05. The second kappa shape index (κ2) is 9.94. The van der Waals surface area contributed by atoms with E-state index in [9.17, 15) is 18.5 Å². The normalized spacial score (nSPS) is 16.1. The molecule has 0 spiro atoms. The second-order valence-electron chi connectivity index (χ2n) is 7.11. The summed E-state index contributed by atoms with van der Waals surface area (Å²) in [7, 11) is -2.15. The van der Waals surface area contributed by atoms with Crippen LogP contribution in [0.25, 0.3) is 0 Å². The standard InChI is InChI=1S/C20H30N4O4S/c1-4-24(5-2)29(26,27)16-9-10-18(28-3)17(13-16)22-14-19(25)23-20(15-21)11-7-6-8-12-20/h9-10,13,22H,4-8,11-12,14H2,1-3H3,(H,23,25). The Labute approximate surface area is 173 Å². The highest BCUT2D eigenvalue weighted by Gasteiger charge is 2.33. The van der Waals surface area contributed by atoms with Crippen LogP contribution in [0.1, 0.15) is 46.0 Å². The minimum Gasteiger partial charge on any atom is -0.495 e. The van der Waals surface area contributed by atoms with Gasteiger partial charge in [0.15, 0.2) is 0 Å². The van der Waals surface area contributed by atoms with Gasteiger partial charge >= 0.3 is 0 Å². The fourth-order valence-electron chi connectivity index (χ4n) is 3.60. The first kappa shape index (κ1) is 23.0. The van der Waals surface area contributed by atoms with E-state index in [-0.39, 0.29) is 17.3 Å². The zero-order valence-electron chi connectivity index (χ0n) is 17.3. The number of hydrogen-bond acceptors (Lipinski definition) is 6. The summed E-state index contributed by atoms with van der Waals surface area (Å²) in [5.74, 6) is 0.122. The molecule has 1 aromatic carbocycles. The van der Waals surface area contributed by atoms with Gasteiger partial charge in [0.1, 0.15) is 11.3 Å². The summed E-state index contributed by atoms with van der Waals surface area (Å²) in [5, 5.41) is 15.3. The van der Waals surface area contributed by atoms with Crippen LogP contribution in [0.2, 0.25) is 0 Å². The topological polar surface area (TPSA) is 112 Å². The molecule has 1 fully saturated rings. The number of anilines is 1. The number of nitrogens with zero attached hydrogens (tertiary/aromatic N) is 2. The maximum absolute atomic E-state index is 12.8. The first-order valence-electron chi connectivity index (χ1n) is 9.96. The lowest BCUT2D eigenvalue weighted by atomic mass is 9.83. The molecule has 9 heteroatoms. The molecule has 1 saturated carbocycles. The number of benzene rings is 1. The van der Waals surface area contributed by atoms with E-state index in [0.717, 1.165) is 19.3 Å². The van der Waals surface area contributed by atoms with Gasteiger partial charge in [-0.05, 0) is 31.0 Å². The van der Waals surface area contributed by atoms with E-state index in [1.165, 1.54) is 23.5 Å². The molecule has 1 aliphatic carbocycles. The summed E-state index contributed by atoms with van der Waals surface area (Å²) in [4.78, 5) is 12.6. The van der Waals surface area contributed by atoms with Crippen LogP contribution in [0, 0.1) is 11.3 Å². The van der Waals surface area contributed by atoms with Gasteiger partial charge in [-0.3, -0.25) is 4.79 Å². The monoisotopic (exact) mass is 422 g/mol. The fourth-order valence-corrected chi connectivity index (χ4v) is 5.09. The Morgan fingerprint density at radius 1 is 1.24 bits per heavy atom. The van der Waals surface area contributed by atoms with Gasteiger partial charge in [0.05, 0.1) is 30.3 Å². The zero-order chi connectivity index (χ0) is 21.5. The Hall–Kier alpha value is -2.31. The Bertz CT molecular complexity index is 854. The number of methoxy groups -OCH3 is 1. The number of hydrogen-bond donors (Lipinski definition) is 2. The Morgan fingerprint density at radius 3 is 2.45 bits per heavy atom. The Kier molecular flexibility index (Phi) is 7.88. The molecule has 1 aliphatic rings. The largest absolute Gasteiger partial charge is 0.495 e. The van der Waals surface area contributed by atoms with Gasteiger partial charge in [0.25, 0.3) is 0 Å². The van der Waals surface area contributed by atoms with Crippen molar-refractivity contribution in [2.24, 2.45) is 0 Å². The third kappa shape index (κ3) is 5.40. The molecule has 0 unspecified atom stereocenters. The van der Waals surface area contributed by atoms with E-state index in [2.05, 4.69) is 16.7 Å². The van der Waals surface area contributed by atoms with Crippen LogP contribution >= 0.6 is 0 Å². The third-order valence-corrected chi connectivity index (χ3v) is 7.30. The van der Waals surface area contributed by atoms with Crippen molar-refractivity contribution in [1.29, 1.82) is 5.26 Å². The van der Waals surface area contributed by atoms with Crippen LogP contribution in [-0.4, -0.2) is 50.9 Å². The van der Waals surface area contributed by atoms with E-state index in [4.69, 9.17) is 4.74 Å². The van der Waals surface area contributed by atoms with Crippen molar-refractivity contribution in [2.75, 3.05) is 32.1 Å². The summed E-state index contributed by atoms with van der Waals surface area (Å²) in [6.45, 7) is 4.21. The first-order valence-corrected chi connectivity index (χ1v) is 11.4. The van der Waals surface area contributed by atoms with Crippen molar-refractivity contribution >= 4 is 21.6 Å². The summed E-state index contributed by atoms with van der Waals surface area (Å²) in [6.07, 6.45) is 4.20. The smallest absolute Gasteiger partial charge is 0.243 e. The SMILES string of the molecule is CCN(CC)S(=O)(=O)c1ccc(OC)c(NCC(=O)NC2(C#N)CCCCC2)c1. The summed E-state index contributed by atoms with van der Waals surface area (Å²) >= 11 is 0. The molecule has 2 N–H and O–H groups in total. The van der Waals surface area contributed by atoms with E-state index < -0.39 is 15.6 Å². The van der Waals surface area contributed by atoms with E-state index in [1.807, 2.05) is 0 Å². The zero-order valence-corrected chi connectivity index (χ0v) is 18.1. The maximum Gasteiger partial charge on any atom is 0.243 e. The Morgan fingerprint density at radius 2 is 1.90 bits per heavy atom. The molecule has 29 heavy (non-hydrogen) atoms. The lowest BCUT2D eigenvalue weighted by molar-refractivity contribution is -0.121. The van der Waals surface area contributed by atoms with Gasteiger partial charge in [-0.2, -0.15) is 9.57 Å². The number of carbonyl (C=O) groups excluding carboxylic acids is 1. The molecule has 0 atom stereocenters. The Balaban J connectivity index is 2.15. The molecule has 1 aromatic rings. The highest BCUT2D eigenvalue weighted by molar-refractivity contribution is 7.89. The van der Waals surface area contributed by atoms with Crippen LogP contribution < -0.4 is 15.4 Å². The molecule has 2 rings (SSSR count). The van der Waals surface area contributed by atoms with Gasteiger partial charge in [0, 0.05) is 13.1 Å². The van der Waals surface area contributed by atoms with Crippen LogP contribution in [0.4, 0.5) is 5.69 Å². The van der Waals surface area contributed by atoms with Crippen molar-refractivity contribution in [3.63, 3.8) is 0 Å². The van der Waals surface area contributed by atoms with Gasteiger partial charge in [-0.25, -0.2) is 8.42 Å². The van der Waals surface area contributed by atoms with Gasteiger partial charge in [-0.1, -0.05) is 33.1 Å². The molecule has 0 aromatic heterocycles. The van der Waals surface area contributed by atoms with Crippen LogP contribution in [0.15, 0.2) is 23.1 Å². The first-order chi connectivity index (χ1) is 13.8. The van der Waals surface area contributed by atoms with Crippen molar-refractivity contribution in [2.45, 2.75) is 56.4 Å². The van der Waals surface area contributed by atoms with Crippen LogP contribution in [-0.2, 0) is 14.8 Å². The van der Waals surface area contributed by atoms with Gasteiger partial charge < -0.3 is 15.4 Å². The van der Waals surface area contributed by atoms with Crippen molar-refractivity contribution < 1.29 is 17.9 Å². The maximum atomic E-state index is 12.8. The number of ether oxygens (including phenoxy) is 1. The molecular weight excluding hydrogens is 392 g/mol. The quantitative estimate of drug-likeness (QED) is 0.632. The number of carbonyl (C=O) groups is 1. The number of nitrogens with one attached hydrogen (secondary N) is 2. The highest BCUT2D eigenvalue weighted by Crippen LogP contribution is 2.29. The molecule has 1 amide bonds. The van der Waals surface area contributed by atoms with E-state index in [1.54, 1.807) is 19.9 Å². The fraction of sp³-hybridized carbons (Fsp3) is 0.600. The minimum absolute atomic E-state index is 0.0887. The summed E-state index contributed by atoms with van der Waals surface area (Å²) in [6, 6.07) is 6.78. The predicted molar refractivity (Wildman–Crippen MR) is 111 cm³/mol. The van der Waals surface area contributed by atoms with E-state index in [0.29, 0.717) is 37.4 Å². The minimum atomic E-state index is -3.63. The predicted octanol–water partition coefficient (Wildman–Crippen LogP) is 2.48. The van der Waals surface area contributed by atoms with Crippen molar-refractivity contribution in [3.8, 4) is 11.8 Å². The lowest BCUT2D eigenvalue weighted by Gasteiger charge is -2.31. The molecule has 0 heterocycles. The number of nitriles is 1. The van der Waals surface area contributed by atoms with Crippen molar-refractivity contribution in [1.82, 2.24) is 9.62 Å².